The Morgan fingerprint density at radius 2 is 1.81 bits per heavy atom. The lowest BCUT2D eigenvalue weighted by atomic mass is 9.96. The minimum absolute atomic E-state index is 0.214. The van der Waals surface area contributed by atoms with Gasteiger partial charge in [0.2, 0.25) is 0 Å². The molecule has 0 radical (unpaired) electrons. The van der Waals surface area contributed by atoms with Crippen molar-refractivity contribution in [1.82, 2.24) is 19.0 Å². The van der Waals surface area contributed by atoms with Crippen LogP contribution in [0.2, 0.25) is 0 Å². The number of hydrogen-bond acceptors (Lipinski definition) is 5. The zero-order chi connectivity index (χ0) is 25.3. The summed E-state index contributed by atoms with van der Waals surface area (Å²) in [7, 11) is 3.18. The summed E-state index contributed by atoms with van der Waals surface area (Å²) < 4.78 is 4.81. The summed E-state index contributed by atoms with van der Waals surface area (Å²) in [5.41, 5.74) is 5.86. The van der Waals surface area contributed by atoms with Crippen molar-refractivity contribution >= 4 is 16.6 Å². The molecule has 3 heterocycles. The maximum Gasteiger partial charge on any atom is 0.331 e. The first kappa shape index (κ1) is 22.0. The van der Waals surface area contributed by atoms with E-state index in [1.807, 2.05) is 31.2 Å². The van der Waals surface area contributed by atoms with E-state index < -0.39 is 11.7 Å². The van der Waals surface area contributed by atoms with Crippen LogP contribution in [0.15, 0.2) is 69.9 Å². The first-order valence-electron chi connectivity index (χ1n) is 11.9. The highest BCUT2D eigenvalue weighted by atomic mass is 16.3. The van der Waals surface area contributed by atoms with Crippen LogP contribution in [0.3, 0.4) is 0 Å². The smallest absolute Gasteiger partial charge is 0.331 e. The quantitative estimate of drug-likeness (QED) is 0.379. The van der Waals surface area contributed by atoms with Gasteiger partial charge in [0.1, 0.15) is 0 Å². The van der Waals surface area contributed by atoms with E-state index in [0.717, 1.165) is 51.3 Å². The molecular weight excluding hydrogens is 456 g/mol. The number of aromatic nitrogens is 3. The monoisotopic (exact) mass is 482 g/mol. The molecule has 3 N–H and O–H groups in total. The lowest BCUT2D eigenvalue weighted by molar-refractivity contribution is 0.402. The molecule has 0 amide bonds. The fourth-order valence-corrected chi connectivity index (χ4v) is 5.51. The predicted molar refractivity (Wildman–Crippen MR) is 139 cm³/mol. The molecule has 2 aromatic heterocycles. The van der Waals surface area contributed by atoms with Gasteiger partial charge in [0.25, 0.3) is 5.56 Å². The Balaban J connectivity index is 1.84. The largest absolute Gasteiger partial charge is 0.504 e. The van der Waals surface area contributed by atoms with Crippen molar-refractivity contribution in [2.75, 3.05) is 0 Å². The molecule has 182 valence electrons. The minimum Gasteiger partial charge on any atom is -0.504 e. The third-order valence-corrected chi connectivity index (χ3v) is 7.22. The molecular formula is C28H26N4O4. The predicted octanol–water partition coefficient (Wildman–Crippen LogP) is 3.64. The van der Waals surface area contributed by atoms with Crippen molar-refractivity contribution in [3.63, 3.8) is 0 Å². The van der Waals surface area contributed by atoms with Gasteiger partial charge in [-0.25, -0.2) is 4.79 Å². The summed E-state index contributed by atoms with van der Waals surface area (Å²) in [6.07, 6.45) is 5.75. The van der Waals surface area contributed by atoms with E-state index in [1.165, 1.54) is 23.7 Å². The summed E-state index contributed by atoms with van der Waals surface area (Å²) in [5.74, 6) is -0.451. The SMILES string of the molecule is Cc1cccc(-c2c3c(=O)n(C)c(=O)n(C)c3c3n2C2=C(C=CCC2)NC3c2ccc(O)c(O)c2)c1. The third-order valence-electron chi connectivity index (χ3n) is 7.22. The molecule has 8 nitrogen and oxygen atoms in total. The van der Waals surface area contributed by atoms with E-state index >= 15 is 0 Å². The number of allylic oxidation sites excluding steroid dienone is 3. The molecule has 0 bridgehead atoms. The number of hydrogen-bond donors (Lipinski definition) is 3. The number of fused-ring (bicyclic) bond motifs is 4. The number of phenols is 2. The number of benzene rings is 2. The van der Waals surface area contributed by atoms with Crippen LogP contribution in [0.5, 0.6) is 11.5 Å². The van der Waals surface area contributed by atoms with E-state index in [4.69, 9.17) is 0 Å². The van der Waals surface area contributed by atoms with Crippen LogP contribution in [0.4, 0.5) is 0 Å². The Bertz CT molecular complexity index is 1770. The highest BCUT2D eigenvalue weighted by Crippen LogP contribution is 2.45. The van der Waals surface area contributed by atoms with Crippen molar-refractivity contribution in [1.29, 1.82) is 0 Å². The molecule has 6 rings (SSSR count). The molecule has 2 aromatic carbocycles. The van der Waals surface area contributed by atoms with Crippen LogP contribution in [0, 0.1) is 6.92 Å². The van der Waals surface area contributed by atoms with Gasteiger partial charge in [-0.05, 0) is 55.2 Å². The van der Waals surface area contributed by atoms with E-state index in [1.54, 1.807) is 13.1 Å². The Morgan fingerprint density at radius 1 is 1.00 bits per heavy atom. The van der Waals surface area contributed by atoms with Crippen LogP contribution >= 0.6 is 0 Å². The molecule has 0 saturated carbocycles. The molecule has 0 fully saturated rings. The van der Waals surface area contributed by atoms with Gasteiger partial charge in [-0.1, -0.05) is 35.9 Å². The number of nitrogens with zero attached hydrogens (tertiary/aromatic N) is 3. The first-order valence-corrected chi connectivity index (χ1v) is 11.9. The van der Waals surface area contributed by atoms with Gasteiger partial charge in [-0.15, -0.1) is 0 Å². The van der Waals surface area contributed by atoms with E-state index in [-0.39, 0.29) is 17.1 Å². The standard InChI is InChI=1S/C28H26N4O4/c1-15-7-6-8-17(13-15)24-22-25(30(2)28(36)31(3)27(22)35)26-23(16-11-12-20(33)21(34)14-16)29-18-9-4-5-10-19(18)32(24)26/h4,6-9,11-14,23,29,33-34H,5,10H2,1-3H3. The number of rotatable bonds is 2. The molecule has 8 heteroatoms. The average molecular weight is 483 g/mol. The lowest BCUT2D eigenvalue weighted by Gasteiger charge is -2.34. The number of aryl methyl sites for hydroxylation is 2. The molecule has 1 aliphatic heterocycles. The van der Waals surface area contributed by atoms with Crippen LogP contribution in [-0.4, -0.2) is 23.9 Å². The van der Waals surface area contributed by atoms with Crippen LogP contribution in [0.25, 0.3) is 27.9 Å². The van der Waals surface area contributed by atoms with E-state index in [2.05, 4.69) is 22.0 Å². The van der Waals surface area contributed by atoms with Gasteiger partial charge in [0.15, 0.2) is 11.5 Å². The molecule has 2 aliphatic rings. The minimum atomic E-state index is -0.489. The number of phenolic OH excluding ortho intramolecular Hbond substituents is 2. The number of aromatic hydroxyl groups is 2. The van der Waals surface area contributed by atoms with Gasteiger partial charge >= 0.3 is 5.69 Å². The zero-order valence-corrected chi connectivity index (χ0v) is 20.2. The Hall–Kier alpha value is -4.46. The van der Waals surface area contributed by atoms with Crippen molar-refractivity contribution in [3.8, 4) is 22.8 Å². The van der Waals surface area contributed by atoms with Gasteiger partial charge in [-0.3, -0.25) is 13.9 Å². The van der Waals surface area contributed by atoms with Crippen LogP contribution in [0.1, 0.15) is 35.7 Å². The van der Waals surface area contributed by atoms with Crippen molar-refractivity contribution in [3.05, 3.63) is 98.0 Å². The molecule has 1 atom stereocenters. The normalized spacial score (nSPS) is 16.7. The van der Waals surface area contributed by atoms with Crippen LogP contribution in [-0.2, 0) is 14.1 Å². The fourth-order valence-electron chi connectivity index (χ4n) is 5.51. The highest BCUT2D eigenvalue weighted by Gasteiger charge is 2.36. The molecule has 0 spiro atoms. The summed E-state index contributed by atoms with van der Waals surface area (Å²) in [5, 5.41) is 24.3. The maximum absolute atomic E-state index is 13.7. The summed E-state index contributed by atoms with van der Waals surface area (Å²) >= 11 is 0. The zero-order valence-electron chi connectivity index (χ0n) is 20.2. The second kappa shape index (κ2) is 7.78. The molecule has 1 unspecified atom stereocenters. The van der Waals surface area contributed by atoms with Gasteiger partial charge in [-0.2, -0.15) is 0 Å². The highest BCUT2D eigenvalue weighted by molar-refractivity contribution is 5.99. The van der Waals surface area contributed by atoms with Gasteiger partial charge in [0, 0.05) is 19.8 Å². The van der Waals surface area contributed by atoms with Crippen molar-refractivity contribution in [2.45, 2.75) is 25.8 Å². The fraction of sp³-hybridized carbons (Fsp3) is 0.214. The van der Waals surface area contributed by atoms with Gasteiger partial charge in [0.05, 0.1) is 34.0 Å². The second-order valence-electron chi connectivity index (χ2n) is 9.50. The maximum atomic E-state index is 13.7. The molecule has 0 saturated heterocycles. The summed E-state index contributed by atoms with van der Waals surface area (Å²) in [4.78, 5) is 26.8. The summed E-state index contributed by atoms with van der Waals surface area (Å²) in [6, 6.07) is 12.2. The Kier molecular flexibility index (Phi) is 4.76. The first-order chi connectivity index (χ1) is 17.3. The van der Waals surface area contributed by atoms with Gasteiger partial charge < -0.3 is 20.1 Å². The average Bonchev–Trinajstić information content (AvgIpc) is 3.24. The van der Waals surface area contributed by atoms with E-state index in [0.29, 0.717) is 16.5 Å². The lowest BCUT2D eigenvalue weighted by Crippen LogP contribution is -2.37. The molecule has 4 aromatic rings. The molecule has 1 aliphatic carbocycles. The van der Waals surface area contributed by atoms with Crippen molar-refractivity contribution in [2.24, 2.45) is 14.1 Å². The van der Waals surface area contributed by atoms with Crippen molar-refractivity contribution < 1.29 is 10.2 Å². The Morgan fingerprint density at radius 3 is 2.56 bits per heavy atom. The molecule has 36 heavy (non-hydrogen) atoms. The summed E-state index contributed by atoms with van der Waals surface area (Å²) in [6.45, 7) is 2.01. The topological polar surface area (TPSA) is 101 Å². The Labute approximate surface area is 206 Å². The second-order valence-corrected chi connectivity index (χ2v) is 9.50. The number of nitrogens with one attached hydrogen (secondary N) is 1. The van der Waals surface area contributed by atoms with Crippen LogP contribution < -0.4 is 16.6 Å². The van der Waals surface area contributed by atoms with E-state index in [9.17, 15) is 19.8 Å². The third kappa shape index (κ3) is 3.00.